The van der Waals surface area contributed by atoms with Crippen molar-refractivity contribution in [3.63, 3.8) is 0 Å². The fourth-order valence-electron chi connectivity index (χ4n) is 4.85. The van der Waals surface area contributed by atoms with Crippen molar-refractivity contribution in [2.24, 2.45) is 0 Å². The molecule has 0 aromatic heterocycles. The van der Waals surface area contributed by atoms with Gasteiger partial charge in [-0.3, -0.25) is 0 Å². The Balaban J connectivity index is 0.0000116. The van der Waals surface area contributed by atoms with E-state index in [1.54, 1.807) is 13.8 Å². The molecule has 7 heteroatoms. The molecule has 5 nitrogen and oxygen atoms in total. The van der Waals surface area contributed by atoms with E-state index < -0.39 is 21.3 Å². The van der Waals surface area contributed by atoms with Crippen molar-refractivity contribution < 1.29 is 52.7 Å². The average Bonchev–Trinajstić information content (AvgIpc) is 2.73. The second-order valence-electron chi connectivity index (χ2n) is 10.8. The van der Waals surface area contributed by atoms with Gasteiger partial charge in [-0.2, -0.15) is 0 Å². The van der Waals surface area contributed by atoms with Gasteiger partial charge in [0.15, 0.2) is 0 Å². The molecule has 0 aliphatic heterocycles. The number of hydrogen-bond acceptors (Lipinski definition) is 5. The molecule has 1 unspecified atom stereocenters. The first-order valence-electron chi connectivity index (χ1n) is 13.5. The molecule has 0 amide bonds. The van der Waals surface area contributed by atoms with Crippen molar-refractivity contribution in [2.75, 3.05) is 5.75 Å². The third-order valence-electron chi connectivity index (χ3n) is 6.93. The molecule has 0 spiro atoms. The molecular formula is C28H49NaO5S. The van der Waals surface area contributed by atoms with E-state index in [1.807, 2.05) is 6.92 Å². The topological polar surface area (TPSA) is 97.7 Å². The first kappa shape index (κ1) is 34.7. The van der Waals surface area contributed by atoms with Gasteiger partial charge < -0.3 is 14.8 Å². The van der Waals surface area contributed by atoms with Crippen molar-refractivity contribution in [2.45, 2.75) is 135 Å². The van der Waals surface area contributed by atoms with Gasteiger partial charge in [0.2, 0.25) is 0 Å². The van der Waals surface area contributed by atoms with Crippen LogP contribution in [0.25, 0.3) is 0 Å². The summed E-state index contributed by atoms with van der Waals surface area (Å²) in [7, 11) is -4.46. The van der Waals surface area contributed by atoms with Crippen molar-refractivity contribution >= 4 is 10.1 Å². The maximum absolute atomic E-state index is 11.2. The van der Waals surface area contributed by atoms with Gasteiger partial charge in [0.05, 0.1) is 10.1 Å². The minimum atomic E-state index is -4.46. The van der Waals surface area contributed by atoms with E-state index in [0.717, 1.165) is 12.8 Å². The smallest absolute Gasteiger partial charge is 0.748 e. The predicted octanol–water partition coefficient (Wildman–Crippen LogP) is 4.90. The van der Waals surface area contributed by atoms with Gasteiger partial charge >= 0.3 is 29.6 Å². The third kappa shape index (κ3) is 14.9. The Labute approximate surface area is 237 Å². The summed E-state index contributed by atoms with van der Waals surface area (Å²) in [5, 5.41) is 21.0. The number of aromatic hydroxyl groups is 2. The summed E-state index contributed by atoms with van der Waals surface area (Å²) in [6.45, 7) is 7.45. The number of phenolic OH excluding ortho intramolecular Hbond substituents is 2. The maximum atomic E-state index is 11.2. The molecule has 2 N–H and O–H groups in total. The van der Waals surface area contributed by atoms with Crippen molar-refractivity contribution in [3.8, 4) is 11.5 Å². The minimum Gasteiger partial charge on any atom is -0.748 e. The standard InChI is InChI=1S/C28H50O5S.Na/c1-5-6-7-8-9-10-11-12-13-14-15-16-17-18-19-23(2)24-20-27(30)25(21-26(24)29)28(3,4)22-34(31,32)33;/h20-21,23,29-30H,5-19,22H2,1-4H3,(H,31,32,33);/q;+1/p-1. The fraction of sp³-hybridized carbons (Fsp3) is 0.786. The Kier molecular flexibility index (Phi) is 17.9. The molecule has 0 heterocycles. The van der Waals surface area contributed by atoms with Crippen LogP contribution in [0, 0.1) is 0 Å². The monoisotopic (exact) mass is 520 g/mol. The van der Waals surface area contributed by atoms with Gasteiger partial charge in [-0.15, -0.1) is 0 Å². The quantitative estimate of drug-likeness (QED) is 0.117. The van der Waals surface area contributed by atoms with Gasteiger partial charge in [0.1, 0.15) is 11.5 Å². The Morgan fingerprint density at radius 3 is 1.66 bits per heavy atom. The predicted molar refractivity (Wildman–Crippen MR) is 141 cm³/mol. The van der Waals surface area contributed by atoms with Crippen molar-refractivity contribution in [1.82, 2.24) is 0 Å². The fourth-order valence-corrected chi connectivity index (χ4v) is 5.89. The van der Waals surface area contributed by atoms with E-state index in [0.29, 0.717) is 5.56 Å². The normalized spacial score (nSPS) is 12.9. The van der Waals surface area contributed by atoms with Crippen LogP contribution in [0.3, 0.4) is 0 Å². The molecule has 1 aromatic rings. The first-order chi connectivity index (χ1) is 16.0. The van der Waals surface area contributed by atoms with Gasteiger partial charge in [0, 0.05) is 22.3 Å². The summed E-state index contributed by atoms with van der Waals surface area (Å²) >= 11 is 0. The molecule has 0 aliphatic rings. The molecule has 0 radical (unpaired) electrons. The third-order valence-corrected chi connectivity index (χ3v) is 8.01. The molecule has 1 rings (SSSR count). The molecule has 0 saturated carbocycles. The van der Waals surface area contributed by atoms with Gasteiger partial charge in [-0.1, -0.05) is 118 Å². The van der Waals surface area contributed by atoms with Gasteiger partial charge in [-0.25, -0.2) is 8.42 Å². The van der Waals surface area contributed by atoms with Crippen LogP contribution in [0.5, 0.6) is 11.5 Å². The minimum absolute atomic E-state index is 0. The van der Waals surface area contributed by atoms with Gasteiger partial charge in [0.25, 0.3) is 0 Å². The molecule has 1 atom stereocenters. The second kappa shape index (κ2) is 18.1. The first-order valence-corrected chi connectivity index (χ1v) is 15.1. The van der Waals surface area contributed by atoms with Crippen LogP contribution in [0.1, 0.15) is 141 Å². The number of phenols is 2. The molecule has 35 heavy (non-hydrogen) atoms. The zero-order valence-corrected chi connectivity index (χ0v) is 25.9. The van der Waals surface area contributed by atoms with Crippen molar-refractivity contribution in [3.05, 3.63) is 23.3 Å². The van der Waals surface area contributed by atoms with Crippen LogP contribution in [0.2, 0.25) is 0 Å². The average molecular weight is 521 g/mol. The molecule has 0 bridgehead atoms. The number of unbranched alkanes of at least 4 members (excludes halogenated alkanes) is 13. The number of rotatable bonds is 19. The van der Waals surface area contributed by atoms with Crippen LogP contribution in [0.4, 0.5) is 0 Å². The van der Waals surface area contributed by atoms with Crippen LogP contribution in [-0.2, 0) is 15.5 Å². The summed E-state index contributed by atoms with van der Waals surface area (Å²) in [5.41, 5.74) is -0.146. The number of hydrogen-bond donors (Lipinski definition) is 2. The Bertz CT molecular complexity index is 808. The largest absolute Gasteiger partial charge is 1.00 e. The molecular weight excluding hydrogens is 471 g/mol. The summed E-state index contributed by atoms with van der Waals surface area (Å²) in [5.74, 6) is -0.582. The second-order valence-corrected chi connectivity index (χ2v) is 12.2. The zero-order valence-electron chi connectivity index (χ0n) is 23.1. The van der Waals surface area contributed by atoms with E-state index in [4.69, 9.17) is 0 Å². The summed E-state index contributed by atoms with van der Waals surface area (Å²) in [6.07, 6.45) is 19.3. The molecule has 198 valence electrons. The summed E-state index contributed by atoms with van der Waals surface area (Å²) in [4.78, 5) is 0. The summed E-state index contributed by atoms with van der Waals surface area (Å²) < 4.78 is 33.6. The van der Waals surface area contributed by atoms with Crippen LogP contribution in [0.15, 0.2) is 12.1 Å². The van der Waals surface area contributed by atoms with E-state index in [2.05, 4.69) is 6.92 Å². The van der Waals surface area contributed by atoms with Crippen LogP contribution in [-0.4, -0.2) is 28.9 Å². The van der Waals surface area contributed by atoms with E-state index in [1.165, 1.54) is 95.6 Å². The molecule has 1 aromatic carbocycles. The number of benzene rings is 1. The van der Waals surface area contributed by atoms with Crippen LogP contribution >= 0.6 is 0 Å². The zero-order chi connectivity index (χ0) is 25.6. The van der Waals surface area contributed by atoms with Crippen LogP contribution < -0.4 is 29.6 Å². The van der Waals surface area contributed by atoms with E-state index in [9.17, 15) is 23.2 Å². The molecule has 0 aliphatic carbocycles. The Morgan fingerprint density at radius 1 is 0.800 bits per heavy atom. The van der Waals surface area contributed by atoms with Crippen molar-refractivity contribution in [1.29, 1.82) is 0 Å². The SMILES string of the molecule is CCCCCCCCCCCCCCCCC(C)c1cc(O)c(C(C)(C)CS(=O)(=O)[O-])cc1O.[Na+]. The molecule has 0 saturated heterocycles. The van der Waals surface area contributed by atoms with Gasteiger partial charge in [-0.05, 0) is 24.5 Å². The molecule has 0 fully saturated rings. The Hall–Kier alpha value is -0.270. The maximum Gasteiger partial charge on any atom is 1.00 e. The van der Waals surface area contributed by atoms with E-state index in [-0.39, 0.29) is 52.5 Å². The Morgan fingerprint density at radius 2 is 1.23 bits per heavy atom. The summed E-state index contributed by atoms with van der Waals surface area (Å²) in [6, 6.07) is 2.94. The van der Waals surface area contributed by atoms with E-state index >= 15 is 0 Å².